The molecule has 1 unspecified atom stereocenters. The summed E-state index contributed by atoms with van der Waals surface area (Å²) in [6, 6.07) is 18.6. The smallest absolute Gasteiger partial charge is 0.166 e. The normalized spacial score (nSPS) is 16.5. The predicted octanol–water partition coefficient (Wildman–Crippen LogP) is 4.62. The molecule has 0 amide bonds. The van der Waals surface area contributed by atoms with Crippen molar-refractivity contribution in [2.24, 2.45) is 0 Å². The molecule has 1 aliphatic rings. The maximum Gasteiger partial charge on any atom is 0.166 e. The van der Waals surface area contributed by atoms with Crippen molar-refractivity contribution in [3.05, 3.63) is 89.4 Å². The molecule has 0 saturated heterocycles. The number of carbonyl (C=O) groups excluding carboxylic acids is 1. The van der Waals surface area contributed by atoms with E-state index in [4.69, 9.17) is 4.98 Å². The van der Waals surface area contributed by atoms with Gasteiger partial charge in [0.25, 0.3) is 0 Å². The zero-order valence-electron chi connectivity index (χ0n) is 15.1. The second-order valence-electron chi connectivity index (χ2n) is 7.23. The molecule has 0 N–H and O–H groups in total. The molecule has 0 spiro atoms. The molecule has 1 aliphatic carbocycles. The third-order valence-electron chi connectivity index (χ3n) is 5.38. The minimum absolute atomic E-state index is 0.145. The van der Waals surface area contributed by atoms with Gasteiger partial charge in [-0.1, -0.05) is 60.2 Å². The number of hydrogen-bond acceptors (Lipinski definition) is 3. The van der Waals surface area contributed by atoms with Crippen LogP contribution in [0.2, 0.25) is 0 Å². The summed E-state index contributed by atoms with van der Waals surface area (Å²) >= 11 is 0. The molecule has 27 heavy (non-hydrogen) atoms. The Kier molecular flexibility index (Phi) is 3.64. The van der Waals surface area contributed by atoms with Crippen molar-refractivity contribution in [2.75, 3.05) is 0 Å². The molecule has 0 saturated carbocycles. The maximum atomic E-state index is 12.7. The highest BCUT2D eigenvalue weighted by molar-refractivity contribution is 5.99. The van der Waals surface area contributed by atoms with Crippen LogP contribution in [0.1, 0.15) is 39.5 Å². The Labute approximate surface area is 157 Å². The van der Waals surface area contributed by atoms with E-state index in [9.17, 15) is 4.79 Å². The monoisotopic (exact) mass is 353 g/mol. The van der Waals surface area contributed by atoms with Crippen LogP contribution in [0.3, 0.4) is 0 Å². The Bertz CT molecular complexity index is 1140. The molecule has 4 aromatic rings. The van der Waals surface area contributed by atoms with E-state index < -0.39 is 0 Å². The van der Waals surface area contributed by atoms with Gasteiger partial charge in [0.15, 0.2) is 11.4 Å². The fraction of sp³-hybridized carbons (Fsp3) is 0.174. The van der Waals surface area contributed by atoms with Gasteiger partial charge in [0.05, 0.1) is 17.5 Å². The molecule has 4 nitrogen and oxygen atoms in total. The van der Waals surface area contributed by atoms with Crippen LogP contribution < -0.4 is 0 Å². The molecule has 132 valence electrons. The van der Waals surface area contributed by atoms with E-state index in [1.54, 1.807) is 4.52 Å². The molecule has 5 rings (SSSR count). The first kappa shape index (κ1) is 15.9. The van der Waals surface area contributed by atoms with Crippen LogP contribution in [0.25, 0.3) is 16.8 Å². The SMILES string of the molecule is Cc1ccc(-c2cnn3cc4c(nc23)CC(c2ccccc2)CC4=O)cc1. The number of hydrogen-bond donors (Lipinski definition) is 0. The Morgan fingerprint density at radius 2 is 1.74 bits per heavy atom. The number of aromatic nitrogens is 3. The number of rotatable bonds is 2. The van der Waals surface area contributed by atoms with Gasteiger partial charge in [-0.3, -0.25) is 4.79 Å². The zero-order valence-corrected chi connectivity index (χ0v) is 15.1. The lowest BCUT2D eigenvalue weighted by molar-refractivity contribution is 0.0962. The first-order valence-corrected chi connectivity index (χ1v) is 9.21. The lowest BCUT2D eigenvalue weighted by Crippen LogP contribution is -2.21. The summed E-state index contributed by atoms with van der Waals surface area (Å²) in [5.74, 6) is 0.332. The van der Waals surface area contributed by atoms with E-state index >= 15 is 0 Å². The minimum atomic E-state index is 0.145. The number of fused-ring (bicyclic) bond motifs is 2. The average molecular weight is 353 g/mol. The molecule has 2 heterocycles. The van der Waals surface area contributed by atoms with Crippen molar-refractivity contribution in [2.45, 2.75) is 25.7 Å². The first-order valence-electron chi connectivity index (χ1n) is 9.21. The van der Waals surface area contributed by atoms with E-state index in [1.165, 1.54) is 11.1 Å². The Balaban J connectivity index is 1.61. The van der Waals surface area contributed by atoms with E-state index in [0.717, 1.165) is 28.9 Å². The second kappa shape index (κ2) is 6.16. The molecule has 2 aromatic heterocycles. The number of nitrogens with zero attached hydrogens (tertiary/aromatic N) is 3. The number of carbonyl (C=O) groups is 1. The number of benzene rings is 2. The number of aryl methyl sites for hydroxylation is 1. The molecular formula is C23H19N3O. The minimum Gasteiger partial charge on any atom is -0.294 e. The molecule has 2 aromatic carbocycles. The van der Waals surface area contributed by atoms with E-state index in [1.807, 2.05) is 30.6 Å². The van der Waals surface area contributed by atoms with Crippen LogP contribution >= 0.6 is 0 Å². The van der Waals surface area contributed by atoms with Gasteiger partial charge in [-0.25, -0.2) is 9.50 Å². The summed E-state index contributed by atoms with van der Waals surface area (Å²) in [6.07, 6.45) is 4.98. The lowest BCUT2D eigenvalue weighted by Gasteiger charge is -2.23. The lowest BCUT2D eigenvalue weighted by atomic mass is 9.82. The number of ketones is 1. The third kappa shape index (κ3) is 2.74. The van der Waals surface area contributed by atoms with Gasteiger partial charge in [-0.05, 0) is 30.4 Å². The zero-order chi connectivity index (χ0) is 18.4. The highest BCUT2D eigenvalue weighted by Gasteiger charge is 2.28. The summed E-state index contributed by atoms with van der Waals surface area (Å²) in [6.45, 7) is 2.07. The van der Waals surface area contributed by atoms with E-state index in [0.29, 0.717) is 12.0 Å². The van der Waals surface area contributed by atoms with E-state index in [2.05, 4.69) is 48.4 Å². The molecule has 0 bridgehead atoms. The van der Waals surface area contributed by atoms with Crippen LogP contribution in [-0.2, 0) is 6.42 Å². The van der Waals surface area contributed by atoms with Crippen molar-refractivity contribution in [1.29, 1.82) is 0 Å². The highest BCUT2D eigenvalue weighted by atomic mass is 16.1. The van der Waals surface area contributed by atoms with Gasteiger partial charge in [0.1, 0.15) is 0 Å². The van der Waals surface area contributed by atoms with Gasteiger partial charge in [0.2, 0.25) is 0 Å². The fourth-order valence-electron chi connectivity index (χ4n) is 3.87. The van der Waals surface area contributed by atoms with Crippen LogP contribution in [0.4, 0.5) is 0 Å². The molecule has 0 radical (unpaired) electrons. The van der Waals surface area contributed by atoms with Crippen molar-refractivity contribution < 1.29 is 4.79 Å². The van der Waals surface area contributed by atoms with Gasteiger partial charge in [-0.2, -0.15) is 5.10 Å². The van der Waals surface area contributed by atoms with Crippen molar-refractivity contribution >= 4 is 11.4 Å². The predicted molar refractivity (Wildman–Crippen MR) is 105 cm³/mol. The summed E-state index contributed by atoms with van der Waals surface area (Å²) in [5.41, 5.74) is 6.88. The Morgan fingerprint density at radius 1 is 0.963 bits per heavy atom. The number of Topliss-reactive ketones (excluding diaryl/α,β-unsaturated/α-hetero) is 1. The van der Waals surface area contributed by atoms with Crippen molar-refractivity contribution in [3.63, 3.8) is 0 Å². The van der Waals surface area contributed by atoms with Crippen molar-refractivity contribution in [3.8, 4) is 11.1 Å². The largest absolute Gasteiger partial charge is 0.294 e. The van der Waals surface area contributed by atoms with Crippen LogP contribution in [0, 0.1) is 6.92 Å². The summed E-state index contributed by atoms with van der Waals surface area (Å²) in [4.78, 5) is 17.6. The summed E-state index contributed by atoms with van der Waals surface area (Å²) in [7, 11) is 0. The Morgan fingerprint density at radius 3 is 2.52 bits per heavy atom. The van der Waals surface area contributed by atoms with Gasteiger partial charge in [0, 0.05) is 18.2 Å². The fourth-order valence-corrected chi connectivity index (χ4v) is 3.87. The molecule has 1 atom stereocenters. The summed E-state index contributed by atoms with van der Waals surface area (Å²) < 4.78 is 1.73. The van der Waals surface area contributed by atoms with Gasteiger partial charge >= 0.3 is 0 Å². The third-order valence-corrected chi connectivity index (χ3v) is 5.38. The maximum absolute atomic E-state index is 12.7. The summed E-state index contributed by atoms with van der Waals surface area (Å²) in [5, 5.41) is 4.44. The van der Waals surface area contributed by atoms with Gasteiger partial charge in [-0.15, -0.1) is 0 Å². The standard InChI is InChI=1S/C23H19N3O/c1-15-7-9-17(10-8-15)19-13-24-26-14-20-21(25-23(19)26)11-18(12-22(20)27)16-5-3-2-4-6-16/h2-10,13-14,18H,11-12H2,1H3. The first-order chi connectivity index (χ1) is 13.2. The van der Waals surface area contributed by atoms with Crippen LogP contribution in [0.5, 0.6) is 0 Å². The van der Waals surface area contributed by atoms with E-state index in [-0.39, 0.29) is 11.7 Å². The van der Waals surface area contributed by atoms with Crippen molar-refractivity contribution in [1.82, 2.24) is 14.6 Å². The topological polar surface area (TPSA) is 47.3 Å². The quantitative estimate of drug-likeness (QED) is 0.528. The molecule has 0 aliphatic heterocycles. The van der Waals surface area contributed by atoms with Crippen LogP contribution in [-0.4, -0.2) is 20.4 Å². The average Bonchev–Trinajstić information content (AvgIpc) is 3.11. The van der Waals surface area contributed by atoms with Gasteiger partial charge < -0.3 is 0 Å². The highest BCUT2D eigenvalue weighted by Crippen LogP contribution is 2.33. The Hall–Kier alpha value is -3.27. The molecular weight excluding hydrogens is 334 g/mol. The second-order valence-corrected chi connectivity index (χ2v) is 7.23. The molecule has 4 heteroatoms. The van der Waals surface area contributed by atoms with Crippen LogP contribution in [0.15, 0.2) is 67.0 Å². The molecule has 0 fully saturated rings.